The van der Waals surface area contributed by atoms with Gasteiger partial charge in [0.15, 0.2) is 0 Å². The molecule has 1 N–H and O–H groups in total. The van der Waals surface area contributed by atoms with Gasteiger partial charge < -0.3 is 5.32 Å². The molecule has 0 aromatic carbocycles. The molecule has 2 fully saturated rings. The quantitative estimate of drug-likeness (QED) is 0.495. The molecule has 0 aromatic heterocycles. The summed E-state index contributed by atoms with van der Waals surface area (Å²) in [6.07, 6.45) is 2.15. The fraction of sp³-hybridized carbons (Fsp3) is 0.857. The average Bonchev–Trinajstić information content (AvgIpc) is 2.21. The summed E-state index contributed by atoms with van der Waals surface area (Å²) in [6, 6.07) is 0.660. The lowest BCUT2D eigenvalue weighted by Gasteiger charge is -2.26. The first-order valence-electron chi connectivity index (χ1n) is 3.78. The highest BCUT2D eigenvalue weighted by Crippen LogP contribution is 2.21. The van der Waals surface area contributed by atoms with E-state index >= 15 is 0 Å². The Morgan fingerprint density at radius 1 is 1.70 bits per heavy atom. The molecule has 2 aliphatic heterocycles. The lowest BCUT2D eigenvalue weighted by molar-refractivity contribution is -0.122. The molecule has 2 saturated heterocycles. The minimum atomic E-state index is 0.179. The average molecular weight is 140 g/mol. The van der Waals surface area contributed by atoms with Crippen molar-refractivity contribution >= 4 is 5.91 Å². The van der Waals surface area contributed by atoms with Crippen molar-refractivity contribution in [3.05, 3.63) is 0 Å². The van der Waals surface area contributed by atoms with E-state index in [0.29, 0.717) is 6.04 Å². The Balaban J connectivity index is 2.17. The van der Waals surface area contributed by atoms with E-state index in [4.69, 9.17) is 0 Å². The molecular weight excluding hydrogens is 128 g/mol. The number of carbonyl (C=O) groups is 1. The number of carbonyl (C=O) groups excluding carboxylic acids is 1. The van der Waals surface area contributed by atoms with Crippen molar-refractivity contribution in [2.45, 2.75) is 24.9 Å². The van der Waals surface area contributed by atoms with E-state index in [0.717, 1.165) is 19.4 Å². The van der Waals surface area contributed by atoms with Crippen LogP contribution in [0.25, 0.3) is 0 Å². The van der Waals surface area contributed by atoms with E-state index in [9.17, 15) is 4.79 Å². The summed E-state index contributed by atoms with van der Waals surface area (Å²) in [5.74, 6) is 0.227. The van der Waals surface area contributed by atoms with Crippen LogP contribution in [0.1, 0.15) is 12.8 Å². The van der Waals surface area contributed by atoms with Gasteiger partial charge in [-0.1, -0.05) is 0 Å². The SMILES string of the molecule is CN1CCC2CC1C(=O)N2. The molecule has 0 spiro atoms. The highest BCUT2D eigenvalue weighted by Gasteiger charge is 2.38. The molecule has 0 saturated carbocycles. The summed E-state index contributed by atoms with van der Waals surface area (Å²) in [5.41, 5.74) is 0. The molecule has 0 aliphatic carbocycles. The van der Waals surface area contributed by atoms with Crippen LogP contribution in [0.15, 0.2) is 0 Å². The maximum Gasteiger partial charge on any atom is 0.237 e. The zero-order chi connectivity index (χ0) is 7.14. The third-order valence-corrected chi connectivity index (χ3v) is 2.52. The number of hydrogen-bond donors (Lipinski definition) is 1. The van der Waals surface area contributed by atoms with Gasteiger partial charge in [0.05, 0.1) is 6.04 Å². The van der Waals surface area contributed by atoms with Crippen LogP contribution in [0, 0.1) is 0 Å². The van der Waals surface area contributed by atoms with E-state index in [-0.39, 0.29) is 11.9 Å². The number of likely N-dealkylation sites (tertiary alicyclic amines) is 1. The number of piperidine rings is 1. The Kier molecular flexibility index (Phi) is 1.20. The van der Waals surface area contributed by atoms with Gasteiger partial charge in [0.1, 0.15) is 0 Å². The van der Waals surface area contributed by atoms with Crippen molar-refractivity contribution in [1.29, 1.82) is 0 Å². The molecule has 56 valence electrons. The number of nitrogens with zero attached hydrogens (tertiary/aromatic N) is 1. The van der Waals surface area contributed by atoms with E-state index in [1.807, 2.05) is 7.05 Å². The molecule has 2 atom stereocenters. The normalized spacial score (nSPS) is 39.9. The molecule has 2 bridgehead atoms. The third-order valence-electron chi connectivity index (χ3n) is 2.52. The van der Waals surface area contributed by atoms with Crippen LogP contribution >= 0.6 is 0 Å². The van der Waals surface area contributed by atoms with Crippen LogP contribution in [-0.4, -0.2) is 36.5 Å². The van der Waals surface area contributed by atoms with Gasteiger partial charge in [-0.05, 0) is 19.9 Å². The van der Waals surface area contributed by atoms with Crippen molar-refractivity contribution in [2.75, 3.05) is 13.6 Å². The Morgan fingerprint density at radius 3 is 3.20 bits per heavy atom. The second kappa shape index (κ2) is 1.95. The second-order valence-electron chi connectivity index (χ2n) is 3.23. The molecule has 0 radical (unpaired) electrons. The fourth-order valence-corrected chi connectivity index (χ4v) is 1.82. The Hall–Kier alpha value is -0.570. The summed E-state index contributed by atoms with van der Waals surface area (Å²) < 4.78 is 0. The minimum Gasteiger partial charge on any atom is -0.352 e. The molecule has 2 unspecified atom stereocenters. The van der Waals surface area contributed by atoms with Crippen LogP contribution in [0.5, 0.6) is 0 Å². The first-order valence-corrected chi connectivity index (χ1v) is 3.78. The lowest BCUT2D eigenvalue weighted by Crippen LogP contribution is -2.38. The zero-order valence-electron chi connectivity index (χ0n) is 6.13. The van der Waals surface area contributed by atoms with Gasteiger partial charge >= 0.3 is 0 Å². The second-order valence-corrected chi connectivity index (χ2v) is 3.23. The minimum absolute atomic E-state index is 0.179. The van der Waals surface area contributed by atoms with E-state index < -0.39 is 0 Å². The lowest BCUT2D eigenvalue weighted by atomic mass is 10.0. The molecule has 3 nitrogen and oxygen atoms in total. The molecule has 2 aliphatic rings. The van der Waals surface area contributed by atoms with Gasteiger partial charge in [0, 0.05) is 12.6 Å². The van der Waals surface area contributed by atoms with E-state index in [1.54, 1.807) is 0 Å². The number of likely N-dealkylation sites (N-methyl/N-ethyl adjacent to an activating group) is 1. The highest BCUT2D eigenvalue weighted by atomic mass is 16.2. The van der Waals surface area contributed by atoms with Crippen LogP contribution in [0.4, 0.5) is 0 Å². The Bertz CT molecular complexity index is 169. The van der Waals surface area contributed by atoms with Gasteiger partial charge in [0.25, 0.3) is 0 Å². The number of nitrogens with one attached hydrogen (secondary N) is 1. The molecule has 0 aromatic rings. The third kappa shape index (κ3) is 0.736. The summed E-state index contributed by atoms with van der Waals surface area (Å²) in [4.78, 5) is 13.3. The molecule has 10 heavy (non-hydrogen) atoms. The summed E-state index contributed by atoms with van der Waals surface area (Å²) in [6.45, 7) is 1.06. The molecule has 2 heterocycles. The van der Waals surface area contributed by atoms with E-state index in [1.165, 1.54) is 0 Å². The molecule has 1 amide bonds. The zero-order valence-corrected chi connectivity index (χ0v) is 6.13. The standard InChI is InChI=1S/C7H12N2O/c1-9-3-2-5-4-6(9)7(10)8-5/h5-6H,2-4H2,1H3,(H,8,10). The predicted octanol–water partition coefficient (Wildman–Crippen LogP) is -0.421. The number of amides is 1. The fourth-order valence-electron chi connectivity index (χ4n) is 1.82. The first-order chi connectivity index (χ1) is 4.77. The van der Waals surface area contributed by atoms with Crippen LogP contribution < -0.4 is 5.32 Å². The smallest absolute Gasteiger partial charge is 0.237 e. The van der Waals surface area contributed by atoms with Crippen molar-refractivity contribution in [3.8, 4) is 0 Å². The molecule has 2 rings (SSSR count). The summed E-state index contributed by atoms with van der Waals surface area (Å²) in [5, 5.41) is 2.97. The molecule has 3 heteroatoms. The molecular formula is C7H12N2O. The van der Waals surface area contributed by atoms with Crippen LogP contribution in [0.3, 0.4) is 0 Å². The Labute approximate surface area is 60.4 Å². The van der Waals surface area contributed by atoms with Gasteiger partial charge in [-0.3, -0.25) is 9.69 Å². The predicted molar refractivity (Wildman–Crippen MR) is 37.6 cm³/mol. The van der Waals surface area contributed by atoms with Gasteiger partial charge in [-0.25, -0.2) is 0 Å². The van der Waals surface area contributed by atoms with Crippen molar-refractivity contribution in [2.24, 2.45) is 0 Å². The number of rotatable bonds is 0. The number of fused-ring (bicyclic) bond motifs is 2. The first kappa shape index (κ1) is 6.16. The largest absolute Gasteiger partial charge is 0.352 e. The topological polar surface area (TPSA) is 32.3 Å². The van der Waals surface area contributed by atoms with Crippen LogP contribution in [0.2, 0.25) is 0 Å². The van der Waals surface area contributed by atoms with Gasteiger partial charge in [-0.2, -0.15) is 0 Å². The summed E-state index contributed by atoms with van der Waals surface area (Å²) >= 11 is 0. The summed E-state index contributed by atoms with van der Waals surface area (Å²) in [7, 11) is 2.02. The van der Waals surface area contributed by atoms with Gasteiger partial charge in [-0.15, -0.1) is 0 Å². The van der Waals surface area contributed by atoms with Crippen LogP contribution in [-0.2, 0) is 4.79 Å². The highest BCUT2D eigenvalue weighted by molar-refractivity contribution is 5.84. The van der Waals surface area contributed by atoms with E-state index in [2.05, 4.69) is 10.2 Å². The van der Waals surface area contributed by atoms with Gasteiger partial charge in [0.2, 0.25) is 5.91 Å². The monoisotopic (exact) mass is 140 g/mol. The van der Waals surface area contributed by atoms with Crippen molar-refractivity contribution in [1.82, 2.24) is 10.2 Å². The van der Waals surface area contributed by atoms with Crippen molar-refractivity contribution < 1.29 is 4.79 Å². The maximum absolute atomic E-state index is 11.1. The Morgan fingerprint density at radius 2 is 2.50 bits per heavy atom. The number of hydrogen-bond acceptors (Lipinski definition) is 2. The maximum atomic E-state index is 11.1. The van der Waals surface area contributed by atoms with Crippen molar-refractivity contribution in [3.63, 3.8) is 0 Å².